The van der Waals surface area contributed by atoms with Crippen LogP contribution in [-0.4, -0.2) is 0 Å². The first-order valence-electron chi connectivity index (χ1n) is 4.75. The van der Waals surface area contributed by atoms with Gasteiger partial charge < -0.3 is 5.32 Å². The molecule has 2 rings (SSSR count). The molecule has 0 bridgehead atoms. The summed E-state index contributed by atoms with van der Waals surface area (Å²) in [6.07, 6.45) is 0. The van der Waals surface area contributed by atoms with Crippen LogP contribution in [-0.2, 0) is 6.54 Å². The predicted octanol–water partition coefficient (Wildman–Crippen LogP) is 3.99. The number of benzene rings is 1. The van der Waals surface area contributed by atoms with Crippen molar-refractivity contribution in [2.45, 2.75) is 6.54 Å². The fraction of sp³-hybridized carbons (Fsp3) is 0.0833. The van der Waals surface area contributed by atoms with Gasteiger partial charge in [-0.3, -0.25) is 0 Å². The van der Waals surface area contributed by atoms with E-state index >= 15 is 0 Å². The Bertz CT molecular complexity index is 528. The molecule has 0 unspecified atom stereocenters. The molecule has 16 heavy (non-hydrogen) atoms. The zero-order valence-electron chi connectivity index (χ0n) is 8.40. The van der Waals surface area contributed by atoms with E-state index in [1.807, 2.05) is 29.6 Å². The molecule has 0 amide bonds. The van der Waals surface area contributed by atoms with E-state index in [-0.39, 0.29) is 0 Å². The van der Waals surface area contributed by atoms with Gasteiger partial charge in [0.15, 0.2) is 0 Å². The highest BCUT2D eigenvalue weighted by atomic mass is 79.9. The van der Waals surface area contributed by atoms with Gasteiger partial charge in [0, 0.05) is 15.0 Å². The molecule has 0 atom stereocenters. The highest BCUT2D eigenvalue weighted by molar-refractivity contribution is 9.10. The first-order valence-corrected chi connectivity index (χ1v) is 6.43. The number of halogens is 1. The van der Waals surface area contributed by atoms with Crippen molar-refractivity contribution < 1.29 is 0 Å². The minimum Gasteiger partial charge on any atom is -0.380 e. The van der Waals surface area contributed by atoms with E-state index in [0.717, 1.165) is 16.7 Å². The lowest BCUT2D eigenvalue weighted by molar-refractivity contribution is 1.18. The summed E-state index contributed by atoms with van der Waals surface area (Å²) in [5.41, 5.74) is 1.65. The minimum absolute atomic E-state index is 0.676. The van der Waals surface area contributed by atoms with E-state index in [0.29, 0.717) is 5.56 Å². The van der Waals surface area contributed by atoms with Crippen LogP contribution in [0.5, 0.6) is 0 Å². The van der Waals surface area contributed by atoms with Gasteiger partial charge in [-0.15, -0.1) is 11.3 Å². The van der Waals surface area contributed by atoms with Crippen molar-refractivity contribution in [2.24, 2.45) is 0 Å². The van der Waals surface area contributed by atoms with Crippen LogP contribution in [0.15, 0.2) is 40.2 Å². The smallest absolute Gasteiger partial charge is 0.0992 e. The molecule has 2 nitrogen and oxygen atoms in total. The summed E-state index contributed by atoms with van der Waals surface area (Å²) in [6, 6.07) is 11.6. The van der Waals surface area contributed by atoms with E-state index in [2.05, 4.69) is 27.3 Å². The minimum atomic E-state index is 0.676. The normalized spacial score (nSPS) is 9.75. The number of nitriles is 1. The maximum atomic E-state index is 8.78. The van der Waals surface area contributed by atoms with Crippen molar-refractivity contribution in [3.05, 3.63) is 50.6 Å². The summed E-state index contributed by atoms with van der Waals surface area (Å²) in [6.45, 7) is 0.771. The van der Waals surface area contributed by atoms with Crippen LogP contribution in [0.1, 0.15) is 10.4 Å². The second kappa shape index (κ2) is 5.15. The van der Waals surface area contributed by atoms with Gasteiger partial charge >= 0.3 is 0 Å². The zero-order valence-corrected chi connectivity index (χ0v) is 10.8. The Morgan fingerprint density at radius 3 is 2.94 bits per heavy atom. The van der Waals surface area contributed by atoms with E-state index < -0.39 is 0 Å². The quantitative estimate of drug-likeness (QED) is 0.928. The van der Waals surface area contributed by atoms with Crippen molar-refractivity contribution >= 4 is 33.0 Å². The largest absolute Gasteiger partial charge is 0.380 e. The zero-order chi connectivity index (χ0) is 11.4. The topological polar surface area (TPSA) is 35.8 Å². The van der Waals surface area contributed by atoms with Crippen molar-refractivity contribution in [1.29, 1.82) is 5.26 Å². The second-order valence-corrected chi connectivity index (χ2v) is 5.09. The van der Waals surface area contributed by atoms with Gasteiger partial charge in [-0.1, -0.05) is 6.07 Å². The van der Waals surface area contributed by atoms with Crippen molar-refractivity contribution in [3.8, 4) is 6.07 Å². The third-order valence-corrected chi connectivity index (χ3v) is 4.06. The van der Waals surface area contributed by atoms with Gasteiger partial charge in [0.2, 0.25) is 0 Å². The molecule has 0 aliphatic rings. The van der Waals surface area contributed by atoms with Gasteiger partial charge in [0.05, 0.1) is 18.2 Å². The van der Waals surface area contributed by atoms with E-state index in [9.17, 15) is 0 Å². The fourth-order valence-electron chi connectivity index (χ4n) is 1.33. The van der Waals surface area contributed by atoms with Gasteiger partial charge in [-0.05, 0) is 45.6 Å². The molecule has 0 aliphatic carbocycles. The van der Waals surface area contributed by atoms with Crippen LogP contribution >= 0.6 is 27.3 Å². The van der Waals surface area contributed by atoms with E-state index in [1.165, 1.54) is 4.88 Å². The van der Waals surface area contributed by atoms with E-state index in [4.69, 9.17) is 5.26 Å². The number of hydrogen-bond donors (Lipinski definition) is 1. The van der Waals surface area contributed by atoms with Gasteiger partial charge in [-0.2, -0.15) is 5.26 Å². The molecule has 1 aromatic heterocycles. The third kappa shape index (κ3) is 2.63. The molecular formula is C12H9BrN2S. The van der Waals surface area contributed by atoms with Crippen LogP contribution < -0.4 is 5.32 Å². The van der Waals surface area contributed by atoms with E-state index in [1.54, 1.807) is 17.4 Å². The number of nitrogens with one attached hydrogen (secondary N) is 1. The van der Waals surface area contributed by atoms with Gasteiger partial charge in [0.1, 0.15) is 0 Å². The third-order valence-electron chi connectivity index (χ3n) is 2.14. The van der Waals surface area contributed by atoms with Crippen LogP contribution in [0, 0.1) is 11.3 Å². The van der Waals surface area contributed by atoms with Crippen molar-refractivity contribution in [1.82, 2.24) is 0 Å². The number of nitrogens with zero attached hydrogens (tertiary/aromatic N) is 1. The van der Waals surface area contributed by atoms with Gasteiger partial charge in [-0.25, -0.2) is 0 Å². The van der Waals surface area contributed by atoms with Crippen LogP contribution in [0.3, 0.4) is 0 Å². The summed E-state index contributed by atoms with van der Waals surface area (Å²) >= 11 is 5.19. The Kier molecular flexibility index (Phi) is 3.60. The summed E-state index contributed by atoms with van der Waals surface area (Å²) < 4.78 is 1.13. The molecule has 0 aliphatic heterocycles. The number of anilines is 1. The molecule has 2 aromatic rings. The lowest BCUT2D eigenvalue weighted by Crippen LogP contribution is -1.97. The molecule has 0 saturated heterocycles. The van der Waals surface area contributed by atoms with Gasteiger partial charge in [0.25, 0.3) is 0 Å². The Hall–Kier alpha value is -1.31. The van der Waals surface area contributed by atoms with Crippen LogP contribution in [0.4, 0.5) is 5.69 Å². The maximum Gasteiger partial charge on any atom is 0.0992 e. The summed E-state index contributed by atoms with van der Waals surface area (Å²) in [5, 5.41) is 14.1. The molecule has 0 fully saturated rings. The number of hydrogen-bond acceptors (Lipinski definition) is 3. The Morgan fingerprint density at radius 2 is 2.25 bits per heavy atom. The molecular weight excluding hydrogens is 284 g/mol. The highest BCUT2D eigenvalue weighted by Crippen LogP contribution is 2.23. The second-order valence-electron chi connectivity index (χ2n) is 3.24. The lowest BCUT2D eigenvalue weighted by atomic mass is 10.2. The van der Waals surface area contributed by atoms with Crippen molar-refractivity contribution in [3.63, 3.8) is 0 Å². The Balaban J connectivity index is 2.05. The summed E-state index contributed by atoms with van der Waals surface area (Å²) in [4.78, 5) is 1.25. The van der Waals surface area contributed by atoms with Crippen LogP contribution in [0.25, 0.3) is 0 Å². The van der Waals surface area contributed by atoms with Crippen LogP contribution in [0.2, 0.25) is 0 Å². The highest BCUT2D eigenvalue weighted by Gasteiger charge is 2.01. The molecule has 4 heteroatoms. The molecule has 1 aromatic carbocycles. The molecule has 1 N–H and O–H groups in total. The first-order chi connectivity index (χ1) is 7.79. The van der Waals surface area contributed by atoms with Crippen molar-refractivity contribution in [2.75, 3.05) is 5.32 Å². The number of thiophene rings is 1. The predicted molar refractivity (Wildman–Crippen MR) is 70.5 cm³/mol. The maximum absolute atomic E-state index is 8.78. The standard InChI is InChI=1S/C12H9BrN2S/c13-11-4-5-16-12(11)8-15-10-3-1-2-9(6-10)7-14/h1-6,15H,8H2. The fourth-order valence-corrected chi connectivity index (χ4v) is 2.76. The first kappa shape index (κ1) is 11.2. The Labute approximate surface area is 107 Å². The lowest BCUT2D eigenvalue weighted by Gasteiger charge is -2.05. The average Bonchev–Trinajstić information content (AvgIpc) is 2.72. The SMILES string of the molecule is N#Cc1cccc(NCc2sccc2Br)c1. The molecule has 1 heterocycles. The Morgan fingerprint density at radius 1 is 1.38 bits per heavy atom. The molecule has 80 valence electrons. The average molecular weight is 293 g/mol. The summed E-state index contributed by atoms with van der Waals surface area (Å²) in [5.74, 6) is 0. The molecule has 0 spiro atoms. The molecule has 0 radical (unpaired) electrons. The number of rotatable bonds is 3. The summed E-state index contributed by atoms with van der Waals surface area (Å²) in [7, 11) is 0. The molecule has 0 saturated carbocycles. The monoisotopic (exact) mass is 292 g/mol.